The molecule has 0 fully saturated rings. The summed E-state index contributed by atoms with van der Waals surface area (Å²) in [6, 6.07) is 15.9. The maximum atomic E-state index is 12.8. The van der Waals surface area contributed by atoms with Gasteiger partial charge in [0.1, 0.15) is 11.9 Å². The number of hydrogen-bond donors (Lipinski definition) is 2. The molecular formula is C24H21N5O. The summed E-state index contributed by atoms with van der Waals surface area (Å²) >= 11 is 0. The molecule has 0 unspecified atom stereocenters. The molecule has 5 rings (SSSR count). The number of nitrogens with one attached hydrogen (secondary N) is 1. The molecule has 6 heteroatoms. The van der Waals surface area contributed by atoms with E-state index in [9.17, 15) is 10.1 Å². The summed E-state index contributed by atoms with van der Waals surface area (Å²) in [5.74, 6) is 0.180. The highest BCUT2D eigenvalue weighted by molar-refractivity contribution is 6.02. The molecule has 2 heterocycles. The van der Waals surface area contributed by atoms with E-state index in [1.54, 1.807) is 12.3 Å². The Labute approximate surface area is 174 Å². The number of hydrogen-bond acceptors (Lipinski definition) is 5. The van der Waals surface area contributed by atoms with Crippen LogP contribution in [0.4, 0.5) is 5.82 Å². The van der Waals surface area contributed by atoms with Crippen LogP contribution in [0.5, 0.6) is 0 Å². The number of allylic oxidation sites excluding steroid dienone is 2. The van der Waals surface area contributed by atoms with Crippen LogP contribution in [0.25, 0.3) is 11.3 Å². The number of nitrogens with zero attached hydrogens (tertiary/aromatic N) is 3. The van der Waals surface area contributed by atoms with Gasteiger partial charge in [0.2, 0.25) is 0 Å². The topological polar surface area (TPSA) is 108 Å². The summed E-state index contributed by atoms with van der Waals surface area (Å²) < 4.78 is 0. The second-order valence-electron chi connectivity index (χ2n) is 8.10. The summed E-state index contributed by atoms with van der Waals surface area (Å²) in [6.07, 6.45) is 5.24. The highest BCUT2D eigenvalue weighted by Gasteiger charge is 2.53. The van der Waals surface area contributed by atoms with Crippen LogP contribution >= 0.6 is 0 Å². The fourth-order valence-corrected chi connectivity index (χ4v) is 5.23. The predicted molar refractivity (Wildman–Crippen MR) is 113 cm³/mol. The zero-order valence-electron chi connectivity index (χ0n) is 16.6. The van der Waals surface area contributed by atoms with E-state index >= 15 is 0 Å². The molecule has 2 aliphatic rings. The average Bonchev–Trinajstić information content (AvgIpc) is 3.22. The predicted octanol–water partition coefficient (Wildman–Crippen LogP) is 3.57. The van der Waals surface area contributed by atoms with E-state index in [0.717, 1.165) is 40.9 Å². The van der Waals surface area contributed by atoms with Crippen molar-refractivity contribution in [3.63, 3.8) is 0 Å². The average molecular weight is 395 g/mol. The number of carbonyl (C=O) groups is 1. The largest absolute Gasteiger partial charge is 0.384 e. The first-order valence-corrected chi connectivity index (χ1v) is 10.1. The molecule has 148 valence electrons. The van der Waals surface area contributed by atoms with Crippen LogP contribution < -0.4 is 5.73 Å². The van der Waals surface area contributed by atoms with E-state index in [1.807, 2.05) is 37.3 Å². The van der Waals surface area contributed by atoms with Gasteiger partial charge >= 0.3 is 0 Å². The van der Waals surface area contributed by atoms with E-state index in [1.165, 1.54) is 0 Å². The molecule has 3 N–H and O–H groups in total. The van der Waals surface area contributed by atoms with Crippen molar-refractivity contribution in [2.75, 3.05) is 5.73 Å². The van der Waals surface area contributed by atoms with E-state index in [0.29, 0.717) is 5.82 Å². The van der Waals surface area contributed by atoms with E-state index in [4.69, 9.17) is 10.8 Å². The van der Waals surface area contributed by atoms with Gasteiger partial charge in [-0.05, 0) is 42.5 Å². The number of Topliss-reactive ketones (excluding diaryl/α,β-unsaturated/α-hetero) is 1. The number of fused-ring (bicyclic) bond motifs is 3. The second-order valence-corrected chi connectivity index (χ2v) is 8.10. The van der Waals surface area contributed by atoms with E-state index < -0.39 is 5.41 Å². The minimum absolute atomic E-state index is 0.0395. The first kappa shape index (κ1) is 18.3. The summed E-state index contributed by atoms with van der Waals surface area (Å²) in [5, 5.41) is 17.7. The Balaban J connectivity index is 1.79. The summed E-state index contributed by atoms with van der Waals surface area (Å²) in [4.78, 5) is 17.0. The Hall–Kier alpha value is -3.72. The lowest BCUT2D eigenvalue weighted by molar-refractivity contribution is -0.121. The van der Waals surface area contributed by atoms with Gasteiger partial charge in [0.15, 0.2) is 5.78 Å². The maximum Gasteiger partial charge on any atom is 0.176 e. The van der Waals surface area contributed by atoms with Gasteiger partial charge in [0.05, 0.1) is 22.4 Å². The molecule has 3 atom stereocenters. The van der Waals surface area contributed by atoms with Crippen molar-refractivity contribution in [1.82, 2.24) is 15.2 Å². The van der Waals surface area contributed by atoms with Gasteiger partial charge in [0.25, 0.3) is 0 Å². The first-order valence-electron chi connectivity index (χ1n) is 10.1. The van der Waals surface area contributed by atoms with Crippen LogP contribution in [0.15, 0.2) is 60.3 Å². The zero-order valence-corrected chi connectivity index (χ0v) is 16.6. The summed E-state index contributed by atoms with van der Waals surface area (Å²) in [7, 11) is 0. The molecule has 2 aromatic heterocycles. The van der Waals surface area contributed by atoms with Gasteiger partial charge in [-0.2, -0.15) is 10.4 Å². The van der Waals surface area contributed by atoms with Gasteiger partial charge in [-0.1, -0.05) is 37.3 Å². The third-order valence-corrected chi connectivity index (χ3v) is 6.65. The van der Waals surface area contributed by atoms with Gasteiger partial charge in [-0.25, -0.2) is 4.98 Å². The number of aromatic amines is 1. The summed E-state index contributed by atoms with van der Waals surface area (Å²) in [6.45, 7) is 1.94. The molecule has 0 saturated carbocycles. The molecule has 6 nitrogen and oxygen atoms in total. The number of nitrogen functional groups attached to an aromatic ring is 1. The molecule has 0 spiro atoms. The Morgan fingerprint density at radius 1 is 1.23 bits per heavy atom. The normalized spacial score (nSPS) is 25.1. The Kier molecular flexibility index (Phi) is 4.07. The molecule has 0 radical (unpaired) electrons. The molecule has 2 aliphatic carbocycles. The van der Waals surface area contributed by atoms with Gasteiger partial charge < -0.3 is 5.73 Å². The fraction of sp³-hybridized carbons (Fsp3) is 0.250. The van der Waals surface area contributed by atoms with Gasteiger partial charge in [-0.3, -0.25) is 9.89 Å². The minimum atomic E-state index is -0.622. The molecule has 0 aliphatic heterocycles. The maximum absolute atomic E-state index is 12.8. The Bertz CT molecular complexity index is 1200. The monoisotopic (exact) mass is 395 g/mol. The number of rotatable bonds is 2. The molecule has 0 saturated heterocycles. The highest BCUT2D eigenvalue weighted by atomic mass is 16.1. The quantitative estimate of drug-likeness (QED) is 0.689. The van der Waals surface area contributed by atoms with E-state index in [2.05, 4.69) is 28.3 Å². The van der Waals surface area contributed by atoms with Crippen molar-refractivity contribution in [3.05, 3.63) is 77.1 Å². The lowest BCUT2D eigenvalue weighted by Crippen LogP contribution is -2.48. The lowest BCUT2D eigenvalue weighted by Gasteiger charge is -2.47. The van der Waals surface area contributed by atoms with Crippen LogP contribution in [0.2, 0.25) is 0 Å². The zero-order chi connectivity index (χ0) is 20.9. The third-order valence-electron chi connectivity index (χ3n) is 6.65. The second kappa shape index (κ2) is 6.67. The Morgan fingerprint density at radius 2 is 2.03 bits per heavy atom. The van der Waals surface area contributed by atoms with Crippen molar-refractivity contribution in [3.8, 4) is 17.3 Å². The van der Waals surface area contributed by atoms with Crippen LogP contribution in [-0.4, -0.2) is 21.0 Å². The number of benzene rings is 1. The number of pyridine rings is 1. The van der Waals surface area contributed by atoms with Crippen LogP contribution in [0.3, 0.4) is 0 Å². The van der Waals surface area contributed by atoms with Crippen molar-refractivity contribution < 1.29 is 4.79 Å². The van der Waals surface area contributed by atoms with Crippen LogP contribution in [0, 0.1) is 23.2 Å². The van der Waals surface area contributed by atoms with Crippen molar-refractivity contribution in [2.45, 2.75) is 25.2 Å². The molecule has 3 aromatic rings. The molecule has 0 amide bonds. The van der Waals surface area contributed by atoms with Crippen molar-refractivity contribution in [2.24, 2.45) is 11.8 Å². The number of anilines is 1. The number of carbonyl (C=O) groups excluding carboxylic acids is 1. The van der Waals surface area contributed by atoms with Gasteiger partial charge in [-0.15, -0.1) is 0 Å². The van der Waals surface area contributed by atoms with Crippen LogP contribution in [0.1, 0.15) is 30.2 Å². The standard InChI is InChI=1S/C24H21N5O/c1-14-19-9-8-18-21(15-7-10-20(26)27-13-15)28-29-23(18)24(19,11-16(12-25)22(14)30)17-5-3-2-4-6-17/h2-7,10-11,13-14,19H,8-9H2,1H3,(H2,26,27)(H,28,29)/t14-,19-,24+/m0/s1. The summed E-state index contributed by atoms with van der Waals surface area (Å²) in [5.41, 5.74) is 10.2. The van der Waals surface area contributed by atoms with Crippen molar-refractivity contribution in [1.29, 1.82) is 5.26 Å². The third kappa shape index (κ3) is 2.45. The van der Waals surface area contributed by atoms with Crippen LogP contribution in [-0.2, 0) is 16.6 Å². The Morgan fingerprint density at radius 3 is 2.73 bits per heavy atom. The molecular weight excluding hydrogens is 374 g/mol. The number of aromatic nitrogens is 3. The molecule has 30 heavy (non-hydrogen) atoms. The lowest BCUT2D eigenvalue weighted by atomic mass is 9.54. The van der Waals surface area contributed by atoms with E-state index in [-0.39, 0.29) is 23.2 Å². The first-order chi connectivity index (χ1) is 14.6. The number of ketones is 1. The van der Waals surface area contributed by atoms with Crippen molar-refractivity contribution >= 4 is 11.6 Å². The van der Waals surface area contributed by atoms with Gasteiger partial charge in [0, 0.05) is 23.2 Å². The number of H-pyrrole nitrogens is 1. The SMILES string of the molecule is C[C@@H]1C(=O)C(C#N)=C[C@]2(c3ccccc3)c3n[nH]c(-c4ccc(N)nc4)c3CC[C@@H]12. The fourth-order valence-electron chi connectivity index (χ4n) is 5.23. The number of nitrogens with two attached hydrogens (primary N) is 1. The highest BCUT2D eigenvalue weighted by Crippen LogP contribution is 2.54. The number of nitriles is 1. The minimum Gasteiger partial charge on any atom is -0.384 e. The molecule has 0 bridgehead atoms. The smallest absolute Gasteiger partial charge is 0.176 e. The molecule has 1 aromatic carbocycles.